The van der Waals surface area contributed by atoms with Gasteiger partial charge in [-0.15, -0.1) is 0 Å². The van der Waals surface area contributed by atoms with Crippen molar-refractivity contribution in [3.8, 4) is 0 Å². The van der Waals surface area contributed by atoms with Crippen molar-refractivity contribution in [2.24, 2.45) is 0 Å². The smallest absolute Gasteiger partial charge is 0.226 e. The number of H-pyrrole nitrogens is 1. The van der Waals surface area contributed by atoms with Crippen LogP contribution >= 0.6 is 23.2 Å². The minimum Gasteiger partial charge on any atom is -0.353 e. The van der Waals surface area contributed by atoms with Crippen molar-refractivity contribution in [2.75, 3.05) is 5.32 Å². The van der Waals surface area contributed by atoms with E-state index in [4.69, 9.17) is 23.2 Å². The van der Waals surface area contributed by atoms with Crippen LogP contribution in [0.5, 0.6) is 0 Å². The summed E-state index contributed by atoms with van der Waals surface area (Å²) in [4.78, 5) is 24.7. The Morgan fingerprint density at radius 3 is 2.62 bits per heavy atom. The molecule has 0 radical (unpaired) electrons. The van der Waals surface area contributed by atoms with Crippen molar-refractivity contribution < 1.29 is 9.59 Å². The Hall–Kier alpha value is -2.83. The molecular formula is C24H22Cl2N4O2. The van der Waals surface area contributed by atoms with Gasteiger partial charge in [-0.2, -0.15) is 5.10 Å². The molecule has 2 aliphatic rings. The Morgan fingerprint density at radius 2 is 1.88 bits per heavy atom. The first-order valence-corrected chi connectivity index (χ1v) is 11.4. The zero-order valence-corrected chi connectivity index (χ0v) is 18.7. The molecule has 2 heterocycles. The van der Waals surface area contributed by atoms with Gasteiger partial charge >= 0.3 is 0 Å². The van der Waals surface area contributed by atoms with Crippen LogP contribution in [0.15, 0.2) is 48.5 Å². The van der Waals surface area contributed by atoms with Gasteiger partial charge in [0, 0.05) is 35.6 Å². The second-order valence-corrected chi connectivity index (χ2v) is 9.29. The van der Waals surface area contributed by atoms with Crippen molar-refractivity contribution in [2.45, 2.75) is 43.6 Å². The van der Waals surface area contributed by atoms with E-state index in [9.17, 15) is 9.59 Å². The number of benzene rings is 2. The van der Waals surface area contributed by atoms with Crippen molar-refractivity contribution in [1.82, 2.24) is 15.5 Å². The van der Waals surface area contributed by atoms with Gasteiger partial charge in [-0.1, -0.05) is 59.6 Å². The van der Waals surface area contributed by atoms with Gasteiger partial charge < -0.3 is 10.6 Å². The fourth-order valence-electron chi connectivity index (χ4n) is 4.65. The Kier molecular flexibility index (Phi) is 5.66. The Balaban J connectivity index is 1.25. The lowest BCUT2D eigenvalue weighted by molar-refractivity contribution is -0.121. The van der Waals surface area contributed by atoms with Gasteiger partial charge in [0.1, 0.15) is 0 Å². The standard InChI is InChI=1S/C24H22Cl2N4O2/c25-18-7-6-13(8-19(18)26)9-20(31)27-16-10-15(11-16)23-22-17(14-4-2-1-3-5-14)12-21(32)28-24(22)30-29-23/h1-8,15-17H,9-12H2,(H,27,31)(H2,28,29,30,32). The van der Waals surface area contributed by atoms with E-state index in [0.717, 1.165) is 35.2 Å². The highest BCUT2D eigenvalue weighted by atomic mass is 35.5. The molecule has 32 heavy (non-hydrogen) atoms. The molecule has 0 spiro atoms. The monoisotopic (exact) mass is 468 g/mol. The Bertz CT molecular complexity index is 1170. The molecule has 1 aliphatic heterocycles. The number of aromatic amines is 1. The number of anilines is 1. The fourth-order valence-corrected chi connectivity index (χ4v) is 4.97. The van der Waals surface area contributed by atoms with Gasteiger partial charge in [-0.25, -0.2) is 0 Å². The summed E-state index contributed by atoms with van der Waals surface area (Å²) in [6.45, 7) is 0. The van der Waals surface area contributed by atoms with Crippen LogP contribution in [0, 0.1) is 0 Å². The van der Waals surface area contributed by atoms with Gasteiger partial charge in [0.05, 0.1) is 16.5 Å². The number of rotatable bonds is 5. The lowest BCUT2D eigenvalue weighted by atomic mass is 9.74. The number of halogens is 2. The van der Waals surface area contributed by atoms with Crippen molar-refractivity contribution in [3.63, 3.8) is 0 Å². The normalized spacial score (nSPS) is 21.9. The molecule has 0 saturated heterocycles. The zero-order valence-electron chi connectivity index (χ0n) is 17.2. The summed E-state index contributed by atoms with van der Waals surface area (Å²) in [5.74, 6) is 0.815. The summed E-state index contributed by atoms with van der Waals surface area (Å²) in [6.07, 6.45) is 2.33. The summed E-state index contributed by atoms with van der Waals surface area (Å²) in [5.41, 5.74) is 4.07. The predicted molar refractivity (Wildman–Crippen MR) is 124 cm³/mol. The maximum atomic E-state index is 12.5. The third-order valence-corrected chi connectivity index (χ3v) is 7.03. The number of aromatic nitrogens is 2. The van der Waals surface area contributed by atoms with E-state index in [0.29, 0.717) is 22.3 Å². The summed E-state index contributed by atoms with van der Waals surface area (Å²) in [7, 11) is 0. The lowest BCUT2D eigenvalue weighted by Gasteiger charge is -2.37. The highest BCUT2D eigenvalue weighted by molar-refractivity contribution is 6.42. The summed E-state index contributed by atoms with van der Waals surface area (Å²) < 4.78 is 0. The molecule has 1 unspecified atom stereocenters. The second-order valence-electron chi connectivity index (χ2n) is 8.47. The van der Waals surface area contributed by atoms with Crippen LogP contribution in [0.1, 0.15) is 53.5 Å². The van der Waals surface area contributed by atoms with E-state index in [1.54, 1.807) is 12.1 Å². The lowest BCUT2D eigenvalue weighted by Crippen LogP contribution is -2.44. The highest BCUT2D eigenvalue weighted by Crippen LogP contribution is 2.45. The number of amides is 2. The molecule has 1 aromatic heterocycles. The van der Waals surface area contributed by atoms with Crippen LogP contribution in [0.25, 0.3) is 0 Å². The molecule has 1 aliphatic carbocycles. The summed E-state index contributed by atoms with van der Waals surface area (Å²) in [6, 6.07) is 15.4. The van der Waals surface area contributed by atoms with Crippen LogP contribution in [0.3, 0.4) is 0 Å². The van der Waals surface area contributed by atoms with E-state index >= 15 is 0 Å². The van der Waals surface area contributed by atoms with Gasteiger partial charge in [0.2, 0.25) is 11.8 Å². The van der Waals surface area contributed by atoms with Crippen LogP contribution in [0.4, 0.5) is 5.82 Å². The topological polar surface area (TPSA) is 86.9 Å². The molecule has 3 aromatic rings. The number of hydrogen-bond acceptors (Lipinski definition) is 3. The van der Waals surface area contributed by atoms with E-state index < -0.39 is 0 Å². The summed E-state index contributed by atoms with van der Waals surface area (Å²) >= 11 is 12.0. The number of hydrogen-bond donors (Lipinski definition) is 3. The summed E-state index contributed by atoms with van der Waals surface area (Å²) in [5, 5.41) is 14.5. The molecule has 3 N–H and O–H groups in total. The maximum absolute atomic E-state index is 12.5. The highest BCUT2D eigenvalue weighted by Gasteiger charge is 2.39. The van der Waals surface area contributed by atoms with E-state index in [1.807, 2.05) is 24.3 Å². The fraction of sp³-hybridized carbons (Fsp3) is 0.292. The van der Waals surface area contributed by atoms with Crippen LogP contribution in [-0.4, -0.2) is 28.1 Å². The van der Waals surface area contributed by atoms with Gasteiger partial charge in [-0.3, -0.25) is 14.7 Å². The predicted octanol–water partition coefficient (Wildman–Crippen LogP) is 4.80. The maximum Gasteiger partial charge on any atom is 0.226 e. The third kappa shape index (κ3) is 4.12. The molecule has 1 atom stereocenters. The molecule has 164 valence electrons. The van der Waals surface area contributed by atoms with E-state index in [1.165, 1.54) is 0 Å². The molecule has 2 amide bonds. The van der Waals surface area contributed by atoms with E-state index in [-0.39, 0.29) is 36.1 Å². The quantitative estimate of drug-likeness (QED) is 0.502. The van der Waals surface area contributed by atoms with Crippen molar-refractivity contribution in [3.05, 3.63) is 81.0 Å². The zero-order chi connectivity index (χ0) is 22.2. The number of fused-ring (bicyclic) bond motifs is 1. The second kappa shape index (κ2) is 8.60. The SMILES string of the molecule is O=C1CC(c2ccccc2)c2c(n[nH]c2C2CC(NC(=O)Cc3ccc(Cl)c(Cl)c3)C2)N1. The van der Waals surface area contributed by atoms with Gasteiger partial charge in [-0.05, 0) is 36.1 Å². The first-order chi connectivity index (χ1) is 15.5. The molecule has 0 bridgehead atoms. The minimum absolute atomic E-state index is 0.0167. The molecular weight excluding hydrogens is 447 g/mol. The molecule has 1 saturated carbocycles. The number of nitrogens with zero attached hydrogens (tertiary/aromatic N) is 1. The van der Waals surface area contributed by atoms with Crippen molar-refractivity contribution >= 4 is 40.8 Å². The number of carbonyl (C=O) groups is 2. The molecule has 8 heteroatoms. The third-order valence-electron chi connectivity index (χ3n) is 6.29. The van der Waals surface area contributed by atoms with E-state index in [2.05, 4.69) is 33.0 Å². The van der Waals surface area contributed by atoms with Crippen LogP contribution in [0.2, 0.25) is 10.0 Å². The molecule has 1 fully saturated rings. The minimum atomic E-state index is -0.0343. The first-order valence-electron chi connectivity index (χ1n) is 10.6. The average Bonchev–Trinajstić information content (AvgIpc) is 3.16. The largest absolute Gasteiger partial charge is 0.353 e. The number of nitrogens with one attached hydrogen (secondary N) is 3. The van der Waals surface area contributed by atoms with Crippen LogP contribution in [-0.2, 0) is 16.0 Å². The van der Waals surface area contributed by atoms with Crippen molar-refractivity contribution in [1.29, 1.82) is 0 Å². The van der Waals surface area contributed by atoms with Gasteiger partial charge in [0.15, 0.2) is 5.82 Å². The molecule has 6 nitrogen and oxygen atoms in total. The Morgan fingerprint density at radius 1 is 1.09 bits per heavy atom. The Labute approximate surface area is 195 Å². The average molecular weight is 469 g/mol. The van der Waals surface area contributed by atoms with Gasteiger partial charge in [0.25, 0.3) is 0 Å². The van der Waals surface area contributed by atoms with Crippen LogP contribution < -0.4 is 10.6 Å². The molecule has 2 aromatic carbocycles. The first kappa shape index (κ1) is 21.0. The number of carbonyl (C=O) groups excluding carboxylic acids is 2. The molecule has 5 rings (SSSR count).